The third kappa shape index (κ3) is 6.56. The fraction of sp³-hybridized carbons (Fsp3) is 0.333. The van der Waals surface area contributed by atoms with Gasteiger partial charge in [-0.15, -0.1) is 0 Å². The second kappa shape index (κ2) is 10.2. The first-order valence-electron chi connectivity index (χ1n) is 8.07. The van der Waals surface area contributed by atoms with Gasteiger partial charge in [0.05, 0.1) is 6.61 Å². The van der Waals surface area contributed by atoms with Gasteiger partial charge in [-0.25, -0.2) is 4.57 Å². The summed E-state index contributed by atoms with van der Waals surface area (Å²) in [6, 6.07) is 17.8. The van der Waals surface area contributed by atoms with Crippen LogP contribution in [0.1, 0.15) is 26.7 Å². The Morgan fingerprint density at radius 3 is 2.25 bits per heavy atom. The van der Waals surface area contributed by atoms with Gasteiger partial charge < -0.3 is 4.52 Å². The summed E-state index contributed by atoms with van der Waals surface area (Å²) >= 11 is 2.96. The maximum Gasteiger partial charge on any atom is 0.440 e. The van der Waals surface area contributed by atoms with Gasteiger partial charge in [-0.1, -0.05) is 43.3 Å². The number of rotatable bonds is 10. The molecule has 0 aliphatic carbocycles. The van der Waals surface area contributed by atoms with Crippen LogP contribution in [0.2, 0.25) is 0 Å². The molecule has 0 saturated carbocycles. The van der Waals surface area contributed by atoms with Crippen LogP contribution < -0.4 is 4.52 Å². The maximum absolute atomic E-state index is 12.7. The molecule has 0 heterocycles. The van der Waals surface area contributed by atoms with E-state index in [2.05, 4.69) is 19.1 Å². The highest BCUT2D eigenvalue weighted by molar-refractivity contribution is 8.55. The number of benzene rings is 2. The van der Waals surface area contributed by atoms with Crippen molar-refractivity contribution in [3.63, 3.8) is 0 Å². The molecule has 3 nitrogen and oxygen atoms in total. The molecular formula is C18H23O3PS2. The molecule has 0 fully saturated rings. The van der Waals surface area contributed by atoms with Crippen LogP contribution in [0.25, 0.3) is 0 Å². The second-order valence-corrected chi connectivity index (χ2v) is 10.3. The third-order valence-electron chi connectivity index (χ3n) is 3.05. The van der Waals surface area contributed by atoms with Crippen LogP contribution in [0.5, 0.6) is 5.75 Å². The van der Waals surface area contributed by atoms with Crippen molar-refractivity contribution in [1.82, 2.24) is 0 Å². The van der Waals surface area contributed by atoms with Crippen molar-refractivity contribution in [3.05, 3.63) is 54.6 Å². The molecule has 2 aromatic carbocycles. The number of unbranched alkanes of at least 4 members (excludes halogenated alkanes) is 1. The predicted molar refractivity (Wildman–Crippen MR) is 104 cm³/mol. The van der Waals surface area contributed by atoms with Crippen LogP contribution >= 0.6 is 29.9 Å². The van der Waals surface area contributed by atoms with Crippen LogP contribution in [0.3, 0.4) is 0 Å². The van der Waals surface area contributed by atoms with Crippen molar-refractivity contribution in [2.24, 2.45) is 0 Å². The van der Waals surface area contributed by atoms with E-state index in [-0.39, 0.29) is 0 Å². The second-order valence-electron chi connectivity index (χ2n) is 5.03. The molecule has 2 aromatic rings. The Balaban J connectivity index is 1.99. The molecule has 130 valence electrons. The molecule has 6 heteroatoms. The molecule has 0 radical (unpaired) electrons. The van der Waals surface area contributed by atoms with Gasteiger partial charge in [0.15, 0.2) is 0 Å². The first-order chi connectivity index (χ1) is 11.6. The van der Waals surface area contributed by atoms with Gasteiger partial charge in [0.2, 0.25) is 0 Å². The van der Waals surface area contributed by atoms with E-state index < -0.39 is 6.80 Å². The zero-order valence-electron chi connectivity index (χ0n) is 14.0. The first-order valence-corrected chi connectivity index (χ1v) is 12.0. The van der Waals surface area contributed by atoms with Crippen molar-refractivity contribution in [1.29, 1.82) is 0 Å². The van der Waals surface area contributed by atoms with Crippen LogP contribution in [-0.4, -0.2) is 12.4 Å². The molecule has 0 aromatic heterocycles. The van der Waals surface area contributed by atoms with Gasteiger partial charge in [0.25, 0.3) is 0 Å². The standard InChI is InChI=1S/C18H23O3PS2/c1-3-5-15-23-22(19,20-4-2)21-16-11-13-18(14-12-16)24-17-9-7-6-8-10-17/h6-14H,3-5,15H2,1-2H3. The van der Waals surface area contributed by atoms with Gasteiger partial charge in [-0.2, -0.15) is 0 Å². The smallest absolute Gasteiger partial charge is 0.417 e. The normalized spacial score (nSPS) is 13.4. The Kier molecular flexibility index (Phi) is 8.26. The molecule has 0 bridgehead atoms. The summed E-state index contributed by atoms with van der Waals surface area (Å²) in [4.78, 5) is 2.29. The molecule has 0 N–H and O–H groups in total. The Bertz CT molecular complexity index is 647. The van der Waals surface area contributed by atoms with Gasteiger partial charge in [-0.05, 0) is 61.1 Å². The number of hydrogen-bond donors (Lipinski definition) is 0. The molecule has 1 unspecified atom stereocenters. The molecule has 0 aliphatic rings. The molecule has 0 aliphatic heterocycles. The fourth-order valence-corrected chi connectivity index (χ4v) is 6.26. The van der Waals surface area contributed by atoms with E-state index in [4.69, 9.17) is 9.05 Å². The van der Waals surface area contributed by atoms with Crippen LogP contribution in [0, 0.1) is 0 Å². The maximum atomic E-state index is 12.7. The van der Waals surface area contributed by atoms with Crippen LogP contribution in [0.15, 0.2) is 64.4 Å². The highest BCUT2D eigenvalue weighted by Crippen LogP contribution is 2.60. The minimum absolute atomic E-state index is 0.373. The minimum Gasteiger partial charge on any atom is -0.417 e. The van der Waals surface area contributed by atoms with Crippen molar-refractivity contribution < 1.29 is 13.6 Å². The van der Waals surface area contributed by atoms with Gasteiger partial charge in [0.1, 0.15) is 5.75 Å². The van der Waals surface area contributed by atoms with Crippen LogP contribution in [-0.2, 0) is 9.09 Å². The average Bonchev–Trinajstić information content (AvgIpc) is 2.58. The third-order valence-corrected chi connectivity index (χ3v) is 7.90. The van der Waals surface area contributed by atoms with Crippen molar-refractivity contribution in [2.45, 2.75) is 36.5 Å². The zero-order chi connectivity index (χ0) is 17.3. The first kappa shape index (κ1) is 19.5. The molecule has 2 rings (SSSR count). The summed E-state index contributed by atoms with van der Waals surface area (Å²) in [5.74, 6) is 1.35. The lowest BCUT2D eigenvalue weighted by Gasteiger charge is -2.17. The summed E-state index contributed by atoms with van der Waals surface area (Å²) in [5, 5.41) is 0. The Morgan fingerprint density at radius 1 is 0.958 bits per heavy atom. The molecule has 0 amide bonds. The van der Waals surface area contributed by atoms with Crippen molar-refractivity contribution in [2.75, 3.05) is 12.4 Å². The van der Waals surface area contributed by atoms with Gasteiger partial charge in [-0.3, -0.25) is 4.52 Å². The summed E-state index contributed by atoms with van der Waals surface area (Å²) in [6.07, 6.45) is 2.06. The SMILES string of the molecule is CCCCSP(=O)(OCC)Oc1ccc(Sc2ccccc2)cc1. The minimum atomic E-state index is -3.14. The predicted octanol–water partition coefficient (Wildman–Crippen LogP) is 6.89. The van der Waals surface area contributed by atoms with Crippen molar-refractivity contribution >= 4 is 29.9 Å². The highest BCUT2D eigenvalue weighted by atomic mass is 32.7. The largest absolute Gasteiger partial charge is 0.440 e. The van der Waals surface area contributed by atoms with E-state index in [0.717, 1.165) is 23.5 Å². The van der Waals surface area contributed by atoms with Crippen LogP contribution in [0.4, 0.5) is 0 Å². The zero-order valence-corrected chi connectivity index (χ0v) is 16.5. The van der Waals surface area contributed by atoms with E-state index in [0.29, 0.717) is 12.4 Å². The van der Waals surface area contributed by atoms with E-state index in [1.807, 2.05) is 49.4 Å². The molecule has 1 atom stereocenters. The van der Waals surface area contributed by atoms with E-state index in [1.165, 1.54) is 16.3 Å². The lowest BCUT2D eigenvalue weighted by atomic mass is 10.3. The summed E-state index contributed by atoms with van der Waals surface area (Å²) in [5.41, 5.74) is 0. The lowest BCUT2D eigenvalue weighted by Crippen LogP contribution is -1.96. The van der Waals surface area contributed by atoms with E-state index in [9.17, 15) is 4.57 Å². The van der Waals surface area contributed by atoms with E-state index >= 15 is 0 Å². The molecule has 24 heavy (non-hydrogen) atoms. The molecule has 0 spiro atoms. The average molecular weight is 382 g/mol. The van der Waals surface area contributed by atoms with Gasteiger partial charge >= 0.3 is 6.80 Å². The quantitative estimate of drug-likeness (QED) is 0.330. The summed E-state index contributed by atoms with van der Waals surface area (Å²) < 4.78 is 23.8. The fourth-order valence-electron chi connectivity index (χ4n) is 1.89. The molecular weight excluding hydrogens is 359 g/mol. The summed E-state index contributed by atoms with van der Waals surface area (Å²) in [7, 11) is 0. The highest BCUT2D eigenvalue weighted by Gasteiger charge is 2.26. The Hall–Kier alpha value is -0.870. The van der Waals surface area contributed by atoms with E-state index in [1.54, 1.807) is 11.8 Å². The monoisotopic (exact) mass is 382 g/mol. The molecule has 0 saturated heterocycles. The Morgan fingerprint density at radius 2 is 1.62 bits per heavy atom. The van der Waals surface area contributed by atoms with Crippen molar-refractivity contribution in [3.8, 4) is 5.75 Å². The lowest BCUT2D eigenvalue weighted by molar-refractivity contribution is 0.296. The Labute approximate surface area is 152 Å². The topological polar surface area (TPSA) is 35.5 Å². The number of hydrogen-bond acceptors (Lipinski definition) is 5. The van der Waals surface area contributed by atoms with Gasteiger partial charge in [0, 0.05) is 15.5 Å². The summed E-state index contributed by atoms with van der Waals surface area (Å²) in [6.45, 7) is 1.17.